The lowest BCUT2D eigenvalue weighted by atomic mass is 10.5. The standard InChI is InChI=1S/C8H15NO5S2/c1-9(3-4-16(2,13)14)7(10)5-15-6-8(11)12/h3-6H2,1-2H3,(H,11,12). The highest BCUT2D eigenvalue weighted by Gasteiger charge is 2.12. The second-order valence-corrected chi connectivity index (χ2v) is 6.58. The number of sulfone groups is 1. The molecule has 94 valence electrons. The van der Waals surface area contributed by atoms with Crippen molar-refractivity contribution in [3.05, 3.63) is 0 Å². The van der Waals surface area contributed by atoms with Crippen LogP contribution in [0.5, 0.6) is 0 Å². The summed E-state index contributed by atoms with van der Waals surface area (Å²) >= 11 is 0.991. The summed E-state index contributed by atoms with van der Waals surface area (Å²) in [5.41, 5.74) is 0. The van der Waals surface area contributed by atoms with E-state index in [0.717, 1.165) is 18.0 Å². The molecule has 0 aliphatic heterocycles. The molecule has 0 aromatic heterocycles. The van der Waals surface area contributed by atoms with Gasteiger partial charge in [0, 0.05) is 19.8 Å². The van der Waals surface area contributed by atoms with E-state index >= 15 is 0 Å². The van der Waals surface area contributed by atoms with Crippen LogP contribution in [-0.4, -0.2) is 67.4 Å². The van der Waals surface area contributed by atoms with Gasteiger partial charge in [0.1, 0.15) is 9.84 Å². The largest absolute Gasteiger partial charge is 0.481 e. The lowest BCUT2D eigenvalue weighted by molar-refractivity contribution is -0.133. The number of carbonyl (C=O) groups is 2. The molecule has 6 nitrogen and oxygen atoms in total. The lowest BCUT2D eigenvalue weighted by Gasteiger charge is -2.15. The number of nitrogens with zero attached hydrogens (tertiary/aromatic N) is 1. The molecule has 0 unspecified atom stereocenters. The smallest absolute Gasteiger partial charge is 0.313 e. The van der Waals surface area contributed by atoms with Gasteiger partial charge in [-0.25, -0.2) is 8.42 Å². The highest BCUT2D eigenvalue weighted by molar-refractivity contribution is 8.00. The zero-order valence-corrected chi connectivity index (χ0v) is 10.8. The van der Waals surface area contributed by atoms with Crippen LogP contribution in [0.1, 0.15) is 0 Å². The van der Waals surface area contributed by atoms with E-state index < -0.39 is 15.8 Å². The number of thioether (sulfide) groups is 1. The SMILES string of the molecule is CN(CCS(C)(=O)=O)C(=O)CSCC(=O)O. The molecule has 0 aliphatic rings. The van der Waals surface area contributed by atoms with E-state index in [-0.39, 0.29) is 29.7 Å². The van der Waals surface area contributed by atoms with Crippen LogP contribution in [0.4, 0.5) is 0 Å². The minimum absolute atomic E-state index is 0.0482. The van der Waals surface area contributed by atoms with Crippen molar-refractivity contribution in [1.82, 2.24) is 4.90 Å². The average molecular weight is 269 g/mol. The van der Waals surface area contributed by atoms with Crippen LogP contribution in [0.25, 0.3) is 0 Å². The van der Waals surface area contributed by atoms with Gasteiger partial charge >= 0.3 is 5.97 Å². The Bertz CT molecular complexity index is 351. The molecule has 0 fully saturated rings. The van der Waals surface area contributed by atoms with Crippen LogP contribution >= 0.6 is 11.8 Å². The molecule has 0 atom stereocenters. The van der Waals surface area contributed by atoms with E-state index in [0.29, 0.717) is 0 Å². The molecule has 0 spiro atoms. The zero-order chi connectivity index (χ0) is 12.8. The molecular weight excluding hydrogens is 254 g/mol. The van der Waals surface area contributed by atoms with Crippen molar-refractivity contribution >= 4 is 33.5 Å². The van der Waals surface area contributed by atoms with Crippen molar-refractivity contribution in [2.75, 3.05) is 37.1 Å². The van der Waals surface area contributed by atoms with Crippen molar-refractivity contribution in [2.45, 2.75) is 0 Å². The van der Waals surface area contributed by atoms with Crippen molar-refractivity contribution in [3.8, 4) is 0 Å². The lowest BCUT2D eigenvalue weighted by Crippen LogP contribution is -2.32. The summed E-state index contributed by atoms with van der Waals surface area (Å²) in [7, 11) is -1.59. The Hall–Kier alpha value is -0.760. The highest BCUT2D eigenvalue weighted by atomic mass is 32.2. The van der Waals surface area contributed by atoms with Crippen LogP contribution in [0, 0.1) is 0 Å². The molecule has 8 heteroatoms. The maximum Gasteiger partial charge on any atom is 0.313 e. The summed E-state index contributed by atoms with van der Waals surface area (Å²) in [6.07, 6.45) is 1.10. The number of aliphatic carboxylic acids is 1. The van der Waals surface area contributed by atoms with Crippen molar-refractivity contribution in [2.24, 2.45) is 0 Å². The van der Waals surface area contributed by atoms with E-state index in [1.165, 1.54) is 11.9 Å². The molecular formula is C8H15NO5S2. The van der Waals surface area contributed by atoms with Gasteiger partial charge in [0.25, 0.3) is 0 Å². The van der Waals surface area contributed by atoms with Gasteiger partial charge in [0.2, 0.25) is 5.91 Å². The summed E-state index contributed by atoms with van der Waals surface area (Å²) in [5.74, 6) is -1.41. The van der Waals surface area contributed by atoms with E-state index in [1.807, 2.05) is 0 Å². The van der Waals surface area contributed by atoms with Gasteiger partial charge in [-0.3, -0.25) is 9.59 Å². The number of amides is 1. The molecule has 0 radical (unpaired) electrons. The topological polar surface area (TPSA) is 91.8 Å². The van der Waals surface area contributed by atoms with Gasteiger partial charge < -0.3 is 10.0 Å². The summed E-state index contributed by atoms with van der Waals surface area (Å²) in [6.45, 7) is 0.130. The first-order valence-electron chi connectivity index (χ1n) is 4.43. The first-order chi connectivity index (χ1) is 7.22. The Balaban J connectivity index is 3.86. The second-order valence-electron chi connectivity index (χ2n) is 3.33. The average Bonchev–Trinajstić information content (AvgIpc) is 2.12. The molecule has 16 heavy (non-hydrogen) atoms. The van der Waals surface area contributed by atoms with E-state index in [1.54, 1.807) is 0 Å². The Morgan fingerprint density at radius 1 is 1.31 bits per heavy atom. The predicted molar refractivity (Wildman–Crippen MR) is 62.3 cm³/mol. The number of hydrogen-bond donors (Lipinski definition) is 1. The van der Waals surface area contributed by atoms with Crippen LogP contribution in [0.3, 0.4) is 0 Å². The fourth-order valence-corrected chi connectivity index (χ4v) is 2.04. The van der Waals surface area contributed by atoms with Gasteiger partial charge in [-0.15, -0.1) is 11.8 Å². The first kappa shape index (κ1) is 15.2. The van der Waals surface area contributed by atoms with Crippen LogP contribution in [0.15, 0.2) is 0 Å². The Morgan fingerprint density at radius 3 is 2.31 bits per heavy atom. The second kappa shape index (κ2) is 6.74. The first-order valence-corrected chi connectivity index (χ1v) is 7.65. The van der Waals surface area contributed by atoms with Crippen molar-refractivity contribution < 1.29 is 23.1 Å². The van der Waals surface area contributed by atoms with E-state index in [4.69, 9.17) is 5.11 Å². The third-order valence-electron chi connectivity index (χ3n) is 1.67. The Labute approximate surface area is 98.9 Å². The molecule has 0 saturated heterocycles. The van der Waals surface area contributed by atoms with Crippen LogP contribution in [0.2, 0.25) is 0 Å². The number of carboxylic acids is 1. The maximum atomic E-state index is 11.4. The molecule has 0 aromatic rings. The number of carboxylic acid groups (broad SMARTS) is 1. The van der Waals surface area contributed by atoms with Gasteiger partial charge in [-0.1, -0.05) is 0 Å². The van der Waals surface area contributed by atoms with Crippen molar-refractivity contribution in [1.29, 1.82) is 0 Å². The van der Waals surface area contributed by atoms with Gasteiger partial charge in [0.15, 0.2) is 0 Å². The summed E-state index contributed by atoms with van der Waals surface area (Å²) in [4.78, 5) is 22.8. The molecule has 0 heterocycles. The molecule has 0 aromatic carbocycles. The monoisotopic (exact) mass is 269 g/mol. The number of rotatable bonds is 7. The van der Waals surface area contributed by atoms with Crippen LogP contribution < -0.4 is 0 Å². The summed E-state index contributed by atoms with van der Waals surface area (Å²) in [6, 6.07) is 0. The van der Waals surface area contributed by atoms with Crippen LogP contribution in [-0.2, 0) is 19.4 Å². The molecule has 1 amide bonds. The zero-order valence-electron chi connectivity index (χ0n) is 9.17. The highest BCUT2D eigenvalue weighted by Crippen LogP contribution is 2.01. The predicted octanol–water partition coefficient (Wildman–Crippen LogP) is -0.693. The Kier molecular flexibility index (Phi) is 6.42. The fourth-order valence-electron chi connectivity index (χ4n) is 0.763. The molecule has 0 rings (SSSR count). The minimum atomic E-state index is -3.08. The summed E-state index contributed by atoms with van der Waals surface area (Å²) in [5, 5.41) is 8.35. The maximum absolute atomic E-state index is 11.4. The molecule has 0 aliphatic carbocycles. The quantitative estimate of drug-likeness (QED) is 0.657. The number of carbonyl (C=O) groups excluding carboxylic acids is 1. The molecule has 1 N–H and O–H groups in total. The fraction of sp³-hybridized carbons (Fsp3) is 0.750. The third-order valence-corrected chi connectivity index (χ3v) is 3.50. The Morgan fingerprint density at radius 2 is 1.88 bits per heavy atom. The van der Waals surface area contributed by atoms with Crippen molar-refractivity contribution in [3.63, 3.8) is 0 Å². The number of hydrogen-bond acceptors (Lipinski definition) is 5. The normalized spacial score (nSPS) is 11.1. The molecule has 0 saturated carbocycles. The van der Waals surface area contributed by atoms with Gasteiger partial charge in [0.05, 0.1) is 17.3 Å². The minimum Gasteiger partial charge on any atom is -0.481 e. The van der Waals surface area contributed by atoms with Gasteiger partial charge in [-0.2, -0.15) is 0 Å². The van der Waals surface area contributed by atoms with Gasteiger partial charge in [-0.05, 0) is 0 Å². The van der Waals surface area contributed by atoms with E-state index in [9.17, 15) is 18.0 Å². The summed E-state index contributed by atoms with van der Waals surface area (Å²) < 4.78 is 21.7. The van der Waals surface area contributed by atoms with E-state index in [2.05, 4.69) is 0 Å². The third kappa shape index (κ3) is 8.54. The molecule has 0 bridgehead atoms.